The van der Waals surface area contributed by atoms with Crippen molar-refractivity contribution in [2.24, 2.45) is 0 Å². The molecule has 0 aliphatic heterocycles. The Bertz CT molecular complexity index is 3570. The molecule has 46 heavy (non-hydrogen) atoms. The number of rotatable bonds is 3. The summed E-state index contributed by atoms with van der Waals surface area (Å²) in [6, 6.07) is 8.31. The molecule has 0 amide bonds. The van der Waals surface area contributed by atoms with Crippen LogP contribution in [0, 0.1) is 0 Å². The highest BCUT2D eigenvalue weighted by atomic mass is 16.4. The van der Waals surface area contributed by atoms with Gasteiger partial charge in [-0.2, -0.15) is 0 Å². The van der Waals surface area contributed by atoms with Gasteiger partial charge in [-0.3, -0.25) is 0 Å². The molecule has 0 aliphatic rings. The van der Waals surface area contributed by atoms with E-state index in [1.807, 2.05) is 42.5 Å². The minimum atomic E-state index is -0.749. The van der Waals surface area contributed by atoms with E-state index >= 15 is 0 Å². The predicted molar refractivity (Wildman–Crippen MR) is 192 cm³/mol. The Morgan fingerprint density at radius 2 is 1.09 bits per heavy atom. The maximum Gasteiger partial charge on any atom is 0.178 e. The molecular formula is C44H26O2. The molecule has 0 unspecified atom stereocenters. The van der Waals surface area contributed by atoms with E-state index in [-0.39, 0.29) is 38.2 Å². The molecule has 2 heteroatoms. The summed E-state index contributed by atoms with van der Waals surface area (Å²) in [4.78, 5) is 0. The first-order valence-electron chi connectivity index (χ1n) is 21.9. The van der Waals surface area contributed by atoms with Crippen molar-refractivity contribution in [1.82, 2.24) is 0 Å². The van der Waals surface area contributed by atoms with Crippen molar-refractivity contribution >= 4 is 65.2 Å². The fourth-order valence-corrected chi connectivity index (χ4v) is 6.39. The summed E-state index contributed by atoms with van der Waals surface area (Å²) in [6.45, 7) is 0. The molecule has 0 aliphatic carbocycles. The summed E-state index contributed by atoms with van der Waals surface area (Å²) in [7, 11) is 0. The van der Waals surface area contributed by atoms with Crippen LogP contribution in [0.1, 0.15) is 20.6 Å². The summed E-state index contributed by atoms with van der Waals surface area (Å²) in [6.07, 6.45) is 1.65. The van der Waals surface area contributed by atoms with E-state index in [9.17, 15) is 8.22 Å². The van der Waals surface area contributed by atoms with Crippen molar-refractivity contribution < 1.29 is 29.4 Å². The minimum Gasteiger partial charge on any atom is -0.460 e. The molecule has 0 radical (unpaired) electrons. The average molecular weight is 602 g/mol. The van der Waals surface area contributed by atoms with Crippen LogP contribution < -0.4 is 0 Å². The highest BCUT2D eigenvalue weighted by Crippen LogP contribution is 2.46. The van der Waals surface area contributed by atoms with E-state index in [0.29, 0.717) is 27.5 Å². The lowest BCUT2D eigenvalue weighted by Gasteiger charge is -2.18. The lowest BCUT2D eigenvalue weighted by Crippen LogP contribution is -1.90. The van der Waals surface area contributed by atoms with E-state index in [1.54, 1.807) is 24.5 Å². The second kappa shape index (κ2) is 9.69. The molecule has 10 rings (SSSR count). The molecular weight excluding hydrogens is 560 g/mol. The molecule has 214 valence electrons. The summed E-state index contributed by atoms with van der Waals surface area (Å²) in [5, 5.41) is 0.251. The third kappa shape index (κ3) is 3.65. The average Bonchev–Trinajstić information content (AvgIpc) is 3.87. The molecule has 2 heterocycles. The number of benzene rings is 8. The van der Waals surface area contributed by atoms with Gasteiger partial charge in [-0.15, -0.1) is 0 Å². The largest absolute Gasteiger partial charge is 0.460 e. The molecule has 0 bridgehead atoms. The van der Waals surface area contributed by atoms with E-state index in [2.05, 4.69) is 0 Å². The highest BCUT2D eigenvalue weighted by molar-refractivity contribution is 6.23. The minimum absolute atomic E-state index is 0.0171. The molecule has 0 saturated heterocycles. The quantitative estimate of drug-likeness (QED) is 0.188. The van der Waals surface area contributed by atoms with E-state index in [1.165, 1.54) is 0 Å². The van der Waals surface area contributed by atoms with Crippen molar-refractivity contribution in [1.29, 1.82) is 0 Å². The standard InChI is InChI=1S/C44H26O2/c1-2-11-28(12-3-1)39-26-45-43-38(39)23-22-37-32-21-20-31(25-40(32)46-44(37)43)42-35-16-8-6-14-33(35)41(34-15-7-9-17-36(34)42)30-19-18-27-10-4-5-13-29(27)24-30/h1-26H/i4D,5D,6D,7D,8D,9D,10D,13D,14D,15D,16D,17D,18D,19D,24D. The van der Waals surface area contributed by atoms with Crippen LogP contribution in [0.3, 0.4) is 0 Å². The first-order chi connectivity index (χ1) is 29.1. The summed E-state index contributed by atoms with van der Waals surface area (Å²) in [5.41, 5.74) is 2.39. The molecule has 0 saturated carbocycles. The van der Waals surface area contributed by atoms with Crippen LogP contribution in [-0.2, 0) is 0 Å². The molecule has 0 atom stereocenters. The molecule has 0 spiro atoms. The summed E-state index contributed by atoms with van der Waals surface area (Å²) >= 11 is 0. The fourth-order valence-electron chi connectivity index (χ4n) is 6.39. The first-order valence-corrected chi connectivity index (χ1v) is 14.4. The summed E-state index contributed by atoms with van der Waals surface area (Å²) in [5.74, 6) is 0. The lowest BCUT2D eigenvalue weighted by molar-refractivity contribution is 0.600. The molecule has 10 aromatic rings. The molecule has 2 nitrogen and oxygen atoms in total. The van der Waals surface area contributed by atoms with Gasteiger partial charge in [0, 0.05) is 21.7 Å². The van der Waals surface area contributed by atoms with Gasteiger partial charge in [0.2, 0.25) is 0 Å². The van der Waals surface area contributed by atoms with E-state index in [4.69, 9.17) is 21.2 Å². The Kier molecular flexibility index (Phi) is 3.11. The Morgan fingerprint density at radius 1 is 0.457 bits per heavy atom. The maximum atomic E-state index is 9.42. The Labute approximate surface area is 285 Å². The zero-order chi connectivity index (χ0) is 43.2. The number of fused-ring (bicyclic) bond motifs is 8. The third-order valence-corrected chi connectivity index (χ3v) is 8.43. The second-order valence-corrected chi connectivity index (χ2v) is 10.9. The Balaban J connectivity index is 1.38. The number of hydrogen-bond donors (Lipinski definition) is 0. The third-order valence-electron chi connectivity index (χ3n) is 8.43. The number of furan rings is 2. The van der Waals surface area contributed by atoms with Crippen molar-refractivity contribution in [3.8, 4) is 33.4 Å². The van der Waals surface area contributed by atoms with Gasteiger partial charge in [0.15, 0.2) is 11.2 Å². The van der Waals surface area contributed by atoms with Gasteiger partial charge in [-0.1, -0.05) is 121 Å². The highest BCUT2D eigenvalue weighted by Gasteiger charge is 2.20. The first kappa shape index (κ1) is 14.8. The van der Waals surface area contributed by atoms with Crippen LogP contribution in [0.5, 0.6) is 0 Å². The van der Waals surface area contributed by atoms with Gasteiger partial charge in [0.1, 0.15) is 5.58 Å². The van der Waals surface area contributed by atoms with Crippen molar-refractivity contribution in [3.63, 3.8) is 0 Å². The topological polar surface area (TPSA) is 26.3 Å². The smallest absolute Gasteiger partial charge is 0.178 e. The zero-order valence-corrected chi connectivity index (χ0v) is 23.7. The normalized spacial score (nSPS) is 16.5. The fraction of sp³-hybridized carbons (Fsp3) is 0. The van der Waals surface area contributed by atoms with Gasteiger partial charge < -0.3 is 8.83 Å². The lowest BCUT2D eigenvalue weighted by atomic mass is 9.85. The van der Waals surface area contributed by atoms with Gasteiger partial charge in [0.05, 0.1) is 26.8 Å². The maximum absolute atomic E-state index is 9.42. The van der Waals surface area contributed by atoms with Crippen molar-refractivity contribution in [2.45, 2.75) is 0 Å². The van der Waals surface area contributed by atoms with Crippen LogP contribution in [0.15, 0.2) is 166 Å². The molecule has 2 aromatic heterocycles. The molecule has 0 N–H and O–H groups in total. The van der Waals surface area contributed by atoms with Crippen molar-refractivity contribution in [3.05, 3.63) is 158 Å². The van der Waals surface area contributed by atoms with Gasteiger partial charge >= 0.3 is 0 Å². The zero-order valence-electron chi connectivity index (χ0n) is 38.7. The predicted octanol–water partition coefficient (Wildman–Crippen LogP) is 12.8. The SMILES string of the molecule is [2H]c1c([2H])c([2H])c2c([2H])c(-c3c4c([2H])c([2H])c([2H])c([2H])c4c(-c4ccc5c(c4)oc4c5ccc5c(-c6ccccc6)coc54)c4c([2H])c([2H])c([2H])c([2H])c34)c([2H])c([2H])c2c1[2H]. The van der Waals surface area contributed by atoms with Gasteiger partial charge in [-0.05, 0) is 90.4 Å². The second-order valence-electron chi connectivity index (χ2n) is 10.9. The molecule has 0 fully saturated rings. The van der Waals surface area contributed by atoms with Gasteiger partial charge in [0.25, 0.3) is 0 Å². The van der Waals surface area contributed by atoms with Crippen LogP contribution in [-0.4, -0.2) is 0 Å². The van der Waals surface area contributed by atoms with Crippen molar-refractivity contribution in [2.75, 3.05) is 0 Å². The number of hydrogen-bond acceptors (Lipinski definition) is 2. The van der Waals surface area contributed by atoms with Crippen LogP contribution in [0.2, 0.25) is 0 Å². The Hall–Kier alpha value is -6.12. The van der Waals surface area contributed by atoms with Gasteiger partial charge in [-0.25, -0.2) is 0 Å². The van der Waals surface area contributed by atoms with E-state index < -0.39 is 107 Å². The van der Waals surface area contributed by atoms with Crippen LogP contribution in [0.25, 0.3) is 98.6 Å². The monoisotopic (exact) mass is 601 g/mol. The van der Waals surface area contributed by atoms with E-state index in [0.717, 1.165) is 16.5 Å². The molecule has 8 aromatic carbocycles. The van der Waals surface area contributed by atoms with Crippen LogP contribution >= 0.6 is 0 Å². The summed E-state index contributed by atoms with van der Waals surface area (Å²) < 4.78 is 146. The Morgan fingerprint density at radius 3 is 1.83 bits per heavy atom. The van der Waals surface area contributed by atoms with Crippen LogP contribution in [0.4, 0.5) is 0 Å².